The molecule has 10 heteroatoms. The van der Waals surface area contributed by atoms with Crippen molar-refractivity contribution in [3.05, 3.63) is 66.4 Å². The van der Waals surface area contributed by atoms with Gasteiger partial charge in [0.2, 0.25) is 5.91 Å². The Balaban J connectivity index is 1.31. The number of nitrogens with one attached hydrogen (secondary N) is 1. The van der Waals surface area contributed by atoms with Gasteiger partial charge < -0.3 is 29.7 Å². The number of rotatable bonds is 7. The second kappa shape index (κ2) is 12.3. The first-order chi connectivity index (χ1) is 20.5. The van der Waals surface area contributed by atoms with Crippen molar-refractivity contribution in [1.82, 2.24) is 25.1 Å². The van der Waals surface area contributed by atoms with Crippen LogP contribution in [0.15, 0.2) is 55.1 Å². The van der Waals surface area contributed by atoms with Crippen LogP contribution in [0.25, 0.3) is 10.8 Å². The molecule has 1 aromatic heterocycles. The topological polar surface area (TPSA) is 101 Å². The lowest BCUT2D eigenvalue weighted by atomic mass is 10.0. The van der Waals surface area contributed by atoms with Crippen molar-refractivity contribution >= 4 is 28.2 Å². The standard InChI is InChI=1S/C32H38N8O2/c1-3-30(41)40-18-17-39(20-25(40)11-13-33)31-27-12-15-38(29-10-6-8-23-7-4-5-9-26(23)29)21-28(27)35-32(36-31)42-22-24-19-37(2)16-14-34-24/h3-10,24-25,34H,1,11-12,14-22H2,2H3/t24-,25?/m1/s1. The average Bonchev–Trinajstić information content (AvgIpc) is 3.02. The van der Waals surface area contributed by atoms with Gasteiger partial charge in [-0.15, -0.1) is 0 Å². The molecule has 0 radical (unpaired) electrons. The van der Waals surface area contributed by atoms with Gasteiger partial charge in [0.15, 0.2) is 0 Å². The molecule has 3 aliphatic rings. The van der Waals surface area contributed by atoms with E-state index in [2.05, 4.69) is 82.2 Å². The number of carbonyl (C=O) groups excluding carboxylic acids is 1. The molecule has 1 unspecified atom stereocenters. The molecule has 0 saturated carbocycles. The normalized spacial score (nSPS) is 21.1. The van der Waals surface area contributed by atoms with Gasteiger partial charge in [-0.2, -0.15) is 15.2 Å². The van der Waals surface area contributed by atoms with E-state index in [9.17, 15) is 10.1 Å². The van der Waals surface area contributed by atoms with Crippen LogP contribution in [0.3, 0.4) is 0 Å². The summed E-state index contributed by atoms with van der Waals surface area (Å²) in [7, 11) is 2.12. The van der Waals surface area contributed by atoms with Crippen molar-refractivity contribution in [2.75, 3.05) is 69.3 Å². The molecule has 1 amide bonds. The molecule has 0 aliphatic carbocycles. The fraction of sp³-hybridized carbons (Fsp3) is 0.438. The number of carbonyl (C=O) groups is 1. The first-order valence-electron chi connectivity index (χ1n) is 14.8. The van der Waals surface area contributed by atoms with Gasteiger partial charge in [-0.05, 0) is 31.0 Å². The summed E-state index contributed by atoms with van der Waals surface area (Å²) in [5.41, 5.74) is 3.28. The number of nitriles is 1. The number of anilines is 2. The number of amides is 1. The molecule has 0 spiro atoms. The van der Waals surface area contributed by atoms with Crippen LogP contribution in [-0.4, -0.2) is 97.2 Å². The van der Waals surface area contributed by atoms with Gasteiger partial charge in [-0.3, -0.25) is 4.79 Å². The summed E-state index contributed by atoms with van der Waals surface area (Å²) >= 11 is 0. The molecule has 2 atom stereocenters. The lowest BCUT2D eigenvalue weighted by Gasteiger charge is -2.42. The maximum absolute atomic E-state index is 12.5. The number of piperazine rings is 2. The zero-order valence-electron chi connectivity index (χ0n) is 24.2. The minimum atomic E-state index is -0.234. The van der Waals surface area contributed by atoms with E-state index >= 15 is 0 Å². The molecule has 218 valence electrons. The van der Waals surface area contributed by atoms with Gasteiger partial charge in [0.1, 0.15) is 12.4 Å². The highest BCUT2D eigenvalue weighted by Crippen LogP contribution is 2.34. The highest BCUT2D eigenvalue weighted by Gasteiger charge is 2.33. The van der Waals surface area contributed by atoms with E-state index in [1.807, 2.05) is 0 Å². The molecule has 2 aromatic carbocycles. The molecular weight excluding hydrogens is 528 g/mol. The van der Waals surface area contributed by atoms with Crippen LogP contribution in [0.2, 0.25) is 0 Å². The Labute approximate surface area is 247 Å². The average molecular weight is 567 g/mol. The zero-order valence-corrected chi connectivity index (χ0v) is 24.2. The molecule has 2 saturated heterocycles. The second-order valence-electron chi connectivity index (χ2n) is 11.3. The third-order valence-corrected chi connectivity index (χ3v) is 8.57. The first kappa shape index (κ1) is 27.9. The molecule has 42 heavy (non-hydrogen) atoms. The summed E-state index contributed by atoms with van der Waals surface area (Å²) in [5, 5.41) is 15.5. The maximum atomic E-state index is 12.5. The van der Waals surface area contributed by atoms with E-state index in [0.717, 1.165) is 49.7 Å². The van der Waals surface area contributed by atoms with Crippen molar-refractivity contribution in [1.29, 1.82) is 5.26 Å². The van der Waals surface area contributed by atoms with Gasteiger partial charge in [0.05, 0.1) is 36.8 Å². The first-order valence-corrected chi connectivity index (χ1v) is 14.8. The molecule has 6 rings (SSSR count). The van der Waals surface area contributed by atoms with Crippen molar-refractivity contribution in [2.45, 2.75) is 31.5 Å². The van der Waals surface area contributed by atoms with Gasteiger partial charge in [-0.1, -0.05) is 43.0 Å². The number of ether oxygens (including phenoxy) is 1. The molecule has 4 heterocycles. The second-order valence-corrected chi connectivity index (χ2v) is 11.3. The molecule has 0 bridgehead atoms. The largest absolute Gasteiger partial charge is 0.462 e. The Kier molecular flexibility index (Phi) is 8.22. The molecule has 3 aliphatic heterocycles. The van der Waals surface area contributed by atoms with E-state index in [1.54, 1.807) is 4.90 Å². The van der Waals surface area contributed by atoms with E-state index < -0.39 is 0 Å². The quantitative estimate of drug-likeness (QED) is 0.433. The predicted molar refractivity (Wildman–Crippen MR) is 164 cm³/mol. The van der Waals surface area contributed by atoms with Crippen molar-refractivity contribution in [3.63, 3.8) is 0 Å². The molecule has 3 aromatic rings. The summed E-state index contributed by atoms with van der Waals surface area (Å²) in [5.74, 6) is 0.717. The van der Waals surface area contributed by atoms with Crippen LogP contribution in [0.4, 0.5) is 11.5 Å². The smallest absolute Gasteiger partial charge is 0.318 e. The van der Waals surface area contributed by atoms with Gasteiger partial charge in [0, 0.05) is 62.5 Å². The number of fused-ring (bicyclic) bond motifs is 2. The number of nitrogens with zero attached hydrogens (tertiary/aromatic N) is 7. The fourth-order valence-corrected chi connectivity index (χ4v) is 6.42. The Morgan fingerprint density at radius 2 is 1.98 bits per heavy atom. The third-order valence-electron chi connectivity index (χ3n) is 8.57. The molecule has 2 fully saturated rings. The molecule has 1 N–H and O–H groups in total. The Morgan fingerprint density at radius 1 is 1.12 bits per heavy atom. The van der Waals surface area contributed by atoms with Crippen molar-refractivity contribution < 1.29 is 9.53 Å². The van der Waals surface area contributed by atoms with Gasteiger partial charge in [-0.25, -0.2) is 0 Å². The summed E-state index contributed by atoms with van der Waals surface area (Å²) in [6.07, 6.45) is 2.37. The van der Waals surface area contributed by atoms with E-state index in [1.165, 1.54) is 22.5 Å². The summed E-state index contributed by atoms with van der Waals surface area (Å²) in [4.78, 5) is 31.1. The summed E-state index contributed by atoms with van der Waals surface area (Å²) < 4.78 is 6.27. The van der Waals surface area contributed by atoms with Crippen LogP contribution in [-0.2, 0) is 17.8 Å². The summed E-state index contributed by atoms with van der Waals surface area (Å²) in [6.45, 7) is 10.1. The van der Waals surface area contributed by atoms with Crippen molar-refractivity contribution in [3.8, 4) is 12.1 Å². The van der Waals surface area contributed by atoms with Gasteiger partial charge in [0.25, 0.3) is 0 Å². The van der Waals surface area contributed by atoms with E-state index in [4.69, 9.17) is 14.7 Å². The SMILES string of the molecule is C=CC(=O)N1CCN(c2nc(OC[C@H]3CN(C)CCN3)nc3c2CCN(c2cccc4ccccc24)C3)CC1CC#N. The number of benzene rings is 2. The number of aromatic nitrogens is 2. The molecular formula is C32H38N8O2. The minimum absolute atomic E-state index is 0.140. The minimum Gasteiger partial charge on any atom is -0.462 e. The van der Waals surface area contributed by atoms with Gasteiger partial charge >= 0.3 is 6.01 Å². The van der Waals surface area contributed by atoms with Crippen LogP contribution in [0.5, 0.6) is 6.01 Å². The Hall–Kier alpha value is -4.20. The maximum Gasteiger partial charge on any atom is 0.318 e. The lowest BCUT2D eigenvalue weighted by molar-refractivity contribution is -0.128. The number of likely N-dealkylation sites (N-methyl/N-ethyl adjacent to an activating group) is 1. The number of hydrogen-bond donors (Lipinski definition) is 1. The highest BCUT2D eigenvalue weighted by molar-refractivity contribution is 5.94. The van der Waals surface area contributed by atoms with E-state index in [-0.39, 0.29) is 24.4 Å². The monoisotopic (exact) mass is 566 g/mol. The predicted octanol–water partition coefficient (Wildman–Crippen LogP) is 2.59. The number of hydrogen-bond acceptors (Lipinski definition) is 9. The Bertz CT molecular complexity index is 1500. The van der Waals surface area contributed by atoms with Crippen LogP contribution in [0.1, 0.15) is 17.7 Å². The van der Waals surface area contributed by atoms with Crippen molar-refractivity contribution in [2.24, 2.45) is 0 Å². The van der Waals surface area contributed by atoms with Crippen LogP contribution in [0, 0.1) is 11.3 Å². The zero-order chi connectivity index (χ0) is 29.1. The van der Waals surface area contributed by atoms with Crippen LogP contribution >= 0.6 is 0 Å². The summed E-state index contributed by atoms with van der Waals surface area (Å²) in [6, 6.07) is 17.5. The highest BCUT2D eigenvalue weighted by atomic mass is 16.5. The fourth-order valence-electron chi connectivity index (χ4n) is 6.42. The van der Waals surface area contributed by atoms with E-state index in [0.29, 0.717) is 38.8 Å². The lowest BCUT2D eigenvalue weighted by Crippen LogP contribution is -2.55. The van der Waals surface area contributed by atoms with Crippen LogP contribution < -0.4 is 19.9 Å². The Morgan fingerprint density at radius 3 is 2.81 bits per heavy atom. The molecule has 10 nitrogen and oxygen atoms in total. The third kappa shape index (κ3) is 5.75.